The summed E-state index contributed by atoms with van der Waals surface area (Å²) in [5, 5.41) is 3.10. The number of furan rings is 1. The van der Waals surface area contributed by atoms with Crippen molar-refractivity contribution >= 4 is 27.3 Å². The van der Waals surface area contributed by atoms with Crippen LogP contribution in [0.15, 0.2) is 50.4 Å². The highest BCUT2D eigenvalue weighted by atomic mass is 35.5. The van der Waals surface area contributed by atoms with Gasteiger partial charge in [0, 0.05) is 11.1 Å². The number of nitrogens with one attached hydrogen (secondary N) is 1. The normalized spacial score (nSPS) is 12.3. The van der Waals surface area contributed by atoms with Crippen LogP contribution in [0, 0.1) is 6.92 Å². The average molecular weight is 407 g/mol. The van der Waals surface area contributed by atoms with Gasteiger partial charge in [0.05, 0.1) is 5.69 Å². The Labute approximate surface area is 150 Å². The number of alkyl halides is 3. The van der Waals surface area contributed by atoms with Crippen LogP contribution in [-0.2, 0) is 16.2 Å². The van der Waals surface area contributed by atoms with Crippen LogP contribution in [0.4, 0.5) is 18.9 Å². The van der Waals surface area contributed by atoms with Crippen molar-refractivity contribution in [2.24, 2.45) is 0 Å². The summed E-state index contributed by atoms with van der Waals surface area (Å²) in [7, 11) is -4.11. The lowest BCUT2D eigenvalue weighted by Gasteiger charge is -2.07. The number of aromatic nitrogens is 1. The molecule has 0 aliphatic heterocycles. The standard InChI is InChI=1S/C15H10ClF3N2O4S/c1-8-2-3-9(6-10(8)16)21-26(22,23)14-5-4-12(24-14)11-7-13(25-20-11)15(17,18)19/h2-7,21H,1H3. The van der Waals surface area contributed by atoms with E-state index in [-0.39, 0.29) is 17.1 Å². The molecule has 0 saturated heterocycles. The molecule has 138 valence electrons. The van der Waals surface area contributed by atoms with Crippen molar-refractivity contribution in [2.45, 2.75) is 18.2 Å². The molecule has 0 unspecified atom stereocenters. The van der Waals surface area contributed by atoms with Gasteiger partial charge < -0.3 is 8.94 Å². The Morgan fingerprint density at radius 2 is 1.88 bits per heavy atom. The van der Waals surface area contributed by atoms with E-state index in [1.165, 1.54) is 18.2 Å². The van der Waals surface area contributed by atoms with E-state index in [4.69, 9.17) is 16.0 Å². The van der Waals surface area contributed by atoms with Crippen LogP contribution >= 0.6 is 11.6 Å². The lowest BCUT2D eigenvalue weighted by Crippen LogP contribution is -2.12. The van der Waals surface area contributed by atoms with Gasteiger partial charge in [-0.3, -0.25) is 4.72 Å². The predicted molar refractivity (Wildman–Crippen MR) is 86.2 cm³/mol. The summed E-state index contributed by atoms with van der Waals surface area (Å²) in [4.78, 5) is 0. The number of nitrogens with zero attached hydrogens (tertiary/aromatic N) is 1. The summed E-state index contributed by atoms with van der Waals surface area (Å²) in [5.41, 5.74) is 0.692. The van der Waals surface area contributed by atoms with Crippen LogP contribution in [0.2, 0.25) is 5.02 Å². The van der Waals surface area contributed by atoms with Crippen molar-refractivity contribution in [2.75, 3.05) is 4.72 Å². The molecule has 2 heterocycles. The van der Waals surface area contributed by atoms with Crippen LogP contribution in [0.1, 0.15) is 11.3 Å². The molecule has 0 saturated carbocycles. The van der Waals surface area contributed by atoms with Gasteiger partial charge in [-0.05, 0) is 36.8 Å². The van der Waals surface area contributed by atoms with Gasteiger partial charge in [0.15, 0.2) is 5.76 Å². The Hall–Kier alpha value is -2.46. The Bertz CT molecular complexity index is 1060. The molecule has 0 aliphatic rings. The van der Waals surface area contributed by atoms with Crippen molar-refractivity contribution in [1.29, 1.82) is 0 Å². The minimum Gasteiger partial charge on any atom is -0.441 e. The maximum absolute atomic E-state index is 12.5. The quantitative estimate of drug-likeness (QED) is 0.677. The van der Waals surface area contributed by atoms with Gasteiger partial charge >= 0.3 is 6.18 Å². The smallest absolute Gasteiger partial charge is 0.441 e. The van der Waals surface area contributed by atoms with Gasteiger partial charge in [0.1, 0.15) is 5.69 Å². The van der Waals surface area contributed by atoms with Gasteiger partial charge in [-0.2, -0.15) is 21.6 Å². The largest absolute Gasteiger partial charge is 0.452 e. The number of anilines is 1. The lowest BCUT2D eigenvalue weighted by atomic mass is 10.2. The molecule has 0 fully saturated rings. The number of hydrogen-bond donors (Lipinski definition) is 1. The average Bonchev–Trinajstić information content (AvgIpc) is 3.18. The SMILES string of the molecule is Cc1ccc(NS(=O)(=O)c2ccc(-c3cc(C(F)(F)F)on3)o2)cc1Cl. The number of aryl methyl sites for hydroxylation is 1. The van der Waals surface area contributed by atoms with Crippen LogP contribution in [-0.4, -0.2) is 13.6 Å². The van der Waals surface area contributed by atoms with Gasteiger partial charge in [-0.25, -0.2) is 0 Å². The zero-order chi connectivity index (χ0) is 19.1. The van der Waals surface area contributed by atoms with Gasteiger partial charge in [-0.15, -0.1) is 0 Å². The third kappa shape index (κ3) is 3.70. The number of rotatable bonds is 4. The Balaban J connectivity index is 1.86. The minimum atomic E-state index is -4.71. The number of halogens is 4. The summed E-state index contributed by atoms with van der Waals surface area (Å²) < 4.78 is 73.8. The highest BCUT2D eigenvalue weighted by Crippen LogP contribution is 2.33. The maximum Gasteiger partial charge on any atom is 0.452 e. The van der Waals surface area contributed by atoms with Crippen LogP contribution in [0.5, 0.6) is 0 Å². The summed E-state index contributed by atoms with van der Waals surface area (Å²) in [6.07, 6.45) is -4.71. The maximum atomic E-state index is 12.5. The fraction of sp³-hybridized carbons (Fsp3) is 0.133. The Kier molecular flexibility index (Phi) is 4.49. The van der Waals surface area contributed by atoms with Gasteiger partial charge in [-0.1, -0.05) is 22.8 Å². The van der Waals surface area contributed by atoms with Crippen molar-refractivity contribution in [1.82, 2.24) is 5.16 Å². The molecule has 0 aliphatic carbocycles. The number of sulfonamides is 1. The van der Waals surface area contributed by atoms with E-state index in [1.807, 2.05) is 0 Å². The molecule has 1 N–H and O–H groups in total. The van der Waals surface area contributed by atoms with E-state index in [2.05, 4.69) is 14.4 Å². The van der Waals surface area contributed by atoms with Crippen LogP contribution in [0.3, 0.4) is 0 Å². The molecule has 3 aromatic rings. The first-order valence-electron chi connectivity index (χ1n) is 6.99. The van der Waals surface area contributed by atoms with Crippen molar-refractivity contribution in [3.63, 3.8) is 0 Å². The monoisotopic (exact) mass is 406 g/mol. The second-order valence-electron chi connectivity index (χ2n) is 5.26. The van der Waals surface area contributed by atoms with Crippen LogP contribution in [0.25, 0.3) is 11.5 Å². The summed E-state index contributed by atoms with van der Waals surface area (Å²) in [6.45, 7) is 1.76. The molecule has 0 bridgehead atoms. The molecule has 2 aromatic heterocycles. The van der Waals surface area contributed by atoms with E-state index < -0.39 is 27.1 Å². The third-order valence-electron chi connectivity index (χ3n) is 3.31. The molecule has 26 heavy (non-hydrogen) atoms. The second-order valence-corrected chi connectivity index (χ2v) is 7.28. The molecule has 3 rings (SSSR count). The van der Waals surface area contributed by atoms with Gasteiger partial charge in [0.25, 0.3) is 10.0 Å². The van der Waals surface area contributed by atoms with Crippen molar-refractivity contribution in [3.8, 4) is 11.5 Å². The molecule has 0 amide bonds. The molecule has 0 spiro atoms. The fourth-order valence-corrected chi connectivity index (χ4v) is 3.15. The molecule has 11 heteroatoms. The first kappa shape index (κ1) is 18.3. The van der Waals surface area contributed by atoms with Gasteiger partial charge in [0.2, 0.25) is 10.9 Å². The number of hydrogen-bond acceptors (Lipinski definition) is 5. The topological polar surface area (TPSA) is 85.3 Å². The van der Waals surface area contributed by atoms with E-state index in [0.29, 0.717) is 11.1 Å². The molecule has 0 atom stereocenters. The first-order valence-corrected chi connectivity index (χ1v) is 8.85. The summed E-state index contributed by atoms with van der Waals surface area (Å²) >= 11 is 5.94. The third-order valence-corrected chi connectivity index (χ3v) is 4.97. The van der Waals surface area contributed by atoms with E-state index >= 15 is 0 Å². The highest BCUT2D eigenvalue weighted by Gasteiger charge is 2.36. The van der Waals surface area contributed by atoms with E-state index in [9.17, 15) is 21.6 Å². The molecular formula is C15H10ClF3N2O4S. The van der Waals surface area contributed by atoms with Crippen molar-refractivity contribution < 1.29 is 30.5 Å². The molecule has 1 aromatic carbocycles. The van der Waals surface area contributed by atoms with Crippen molar-refractivity contribution in [3.05, 3.63) is 52.7 Å². The minimum absolute atomic E-state index is 0.188. The molecular weight excluding hydrogens is 397 g/mol. The fourth-order valence-electron chi connectivity index (χ4n) is 1.99. The van der Waals surface area contributed by atoms with E-state index in [0.717, 1.165) is 11.6 Å². The number of benzene rings is 1. The van der Waals surface area contributed by atoms with E-state index in [1.54, 1.807) is 13.0 Å². The summed E-state index contributed by atoms with van der Waals surface area (Å²) in [5.74, 6) is -1.51. The Morgan fingerprint density at radius 3 is 2.50 bits per heavy atom. The zero-order valence-corrected chi connectivity index (χ0v) is 14.5. The Morgan fingerprint density at radius 1 is 1.15 bits per heavy atom. The highest BCUT2D eigenvalue weighted by molar-refractivity contribution is 7.92. The molecule has 6 nitrogen and oxygen atoms in total. The summed E-state index contributed by atoms with van der Waals surface area (Å²) in [6, 6.07) is 7.44. The lowest BCUT2D eigenvalue weighted by molar-refractivity contribution is -0.155. The first-order chi connectivity index (χ1) is 12.1. The molecule has 0 radical (unpaired) electrons. The zero-order valence-electron chi connectivity index (χ0n) is 13.0. The predicted octanol–water partition coefficient (Wildman–Crippen LogP) is 4.72. The van der Waals surface area contributed by atoms with Crippen LogP contribution < -0.4 is 4.72 Å². The second kappa shape index (κ2) is 6.36.